The van der Waals surface area contributed by atoms with Crippen LogP contribution in [0.4, 0.5) is 0 Å². The van der Waals surface area contributed by atoms with Gasteiger partial charge in [-0.05, 0) is 44.4 Å². The lowest BCUT2D eigenvalue weighted by Gasteiger charge is -2.03. The van der Waals surface area contributed by atoms with E-state index < -0.39 is 5.97 Å². The normalized spacial score (nSPS) is 17.2. The Morgan fingerprint density at radius 2 is 1.30 bits per heavy atom. The van der Waals surface area contributed by atoms with Gasteiger partial charge in [0.25, 0.3) is 0 Å². The highest BCUT2D eigenvalue weighted by molar-refractivity contribution is 5.66. The standard InChI is InChI=1S/C28H50O2/c1-2-3-4-5-6-7-8-9-10-11-12-13-16-19-22-26-25-27(26)23-20-17-14-15-18-21-24-28(29)30/h14-15,23,26H,2-13,16-22,24-25H2,1H3,(H,29,30)/b15-14-,27-23+/t26-/m0/s1. The zero-order valence-corrected chi connectivity index (χ0v) is 20.0. The first kappa shape index (κ1) is 27.0. The molecule has 0 amide bonds. The Morgan fingerprint density at radius 1 is 0.767 bits per heavy atom. The molecule has 0 unspecified atom stereocenters. The Hall–Kier alpha value is -1.05. The Bertz CT molecular complexity index is 463. The van der Waals surface area contributed by atoms with Crippen molar-refractivity contribution in [3.63, 3.8) is 0 Å². The van der Waals surface area contributed by atoms with E-state index in [0.29, 0.717) is 0 Å². The van der Waals surface area contributed by atoms with Crippen LogP contribution in [0.3, 0.4) is 0 Å². The number of carboxylic acids is 1. The monoisotopic (exact) mass is 418 g/mol. The highest BCUT2D eigenvalue weighted by Gasteiger charge is 2.27. The number of hydrogen-bond donors (Lipinski definition) is 1. The van der Waals surface area contributed by atoms with Crippen LogP contribution in [0.25, 0.3) is 0 Å². The maximum Gasteiger partial charge on any atom is 0.303 e. The van der Waals surface area contributed by atoms with E-state index in [1.54, 1.807) is 5.57 Å². The van der Waals surface area contributed by atoms with Gasteiger partial charge in [-0.25, -0.2) is 0 Å². The molecule has 174 valence electrons. The third-order valence-corrected chi connectivity index (χ3v) is 6.42. The largest absolute Gasteiger partial charge is 0.481 e. The van der Waals surface area contributed by atoms with E-state index in [2.05, 4.69) is 25.2 Å². The fourth-order valence-electron chi connectivity index (χ4n) is 4.32. The number of carboxylic acid groups (broad SMARTS) is 1. The van der Waals surface area contributed by atoms with Gasteiger partial charge >= 0.3 is 5.97 Å². The van der Waals surface area contributed by atoms with Crippen LogP contribution in [0.1, 0.15) is 142 Å². The molecule has 1 N–H and O–H groups in total. The van der Waals surface area contributed by atoms with Gasteiger partial charge in [0.2, 0.25) is 0 Å². The lowest BCUT2D eigenvalue weighted by atomic mass is 10.0. The average molecular weight is 419 g/mol. The Labute approximate surface area is 187 Å². The van der Waals surface area contributed by atoms with Crippen LogP contribution >= 0.6 is 0 Å². The molecule has 0 aromatic rings. The first-order chi connectivity index (χ1) is 14.7. The molecule has 0 saturated heterocycles. The van der Waals surface area contributed by atoms with Crippen LogP contribution in [0, 0.1) is 5.92 Å². The van der Waals surface area contributed by atoms with Gasteiger partial charge in [-0.2, -0.15) is 0 Å². The second-order valence-corrected chi connectivity index (χ2v) is 9.40. The number of unbranched alkanes of at least 4 members (excludes halogenated alkanes) is 15. The summed E-state index contributed by atoms with van der Waals surface area (Å²) in [7, 11) is 0. The van der Waals surface area contributed by atoms with Gasteiger partial charge in [-0.3, -0.25) is 4.79 Å². The lowest BCUT2D eigenvalue weighted by Crippen LogP contribution is -1.92. The van der Waals surface area contributed by atoms with E-state index in [9.17, 15) is 4.79 Å². The predicted octanol–water partition coefficient (Wildman–Crippen LogP) is 9.40. The van der Waals surface area contributed by atoms with E-state index >= 15 is 0 Å². The second-order valence-electron chi connectivity index (χ2n) is 9.40. The average Bonchev–Trinajstić information content (AvgIpc) is 3.48. The van der Waals surface area contributed by atoms with Crippen LogP contribution in [-0.2, 0) is 4.79 Å². The molecule has 0 aromatic carbocycles. The molecule has 2 nitrogen and oxygen atoms in total. The van der Waals surface area contributed by atoms with Crippen molar-refractivity contribution in [3.8, 4) is 0 Å². The molecule has 1 atom stereocenters. The van der Waals surface area contributed by atoms with Gasteiger partial charge in [0.1, 0.15) is 0 Å². The molecule has 0 bridgehead atoms. The van der Waals surface area contributed by atoms with Crippen molar-refractivity contribution in [2.24, 2.45) is 5.92 Å². The fourth-order valence-corrected chi connectivity index (χ4v) is 4.32. The minimum atomic E-state index is -0.688. The van der Waals surface area contributed by atoms with E-state index in [1.165, 1.54) is 103 Å². The molecule has 2 heteroatoms. The van der Waals surface area contributed by atoms with Crippen LogP contribution in [-0.4, -0.2) is 11.1 Å². The summed E-state index contributed by atoms with van der Waals surface area (Å²) in [4.78, 5) is 10.4. The molecular formula is C28H50O2. The number of allylic oxidation sites excluding steroid dienone is 4. The smallest absolute Gasteiger partial charge is 0.303 e. The van der Waals surface area contributed by atoms with Crippen molar-refractivity contribution in [3.05, 3.63) is 23.8 Å². The third-order valence-electron chi connectivity index (χ3n) is 6.42. The number of hydrogen-bond acceptors (Lipinski definition) is 1. The van der Waals surface area contributed by atoms with Crippen molar-refractivity contribution < 1.29 is 9.90 Å². The van der Waals surface area contributed by atoms with E-state index in [0.717, 1.165) is 31.6 Å². The maximum atomic E-state index is 10.4. The van der Waals surface area contributed by atoms with Gasteiger partial charge in [0.05, 0.1) is 0 Å². The first-order valence-corrected chi connectivity index (χ1v) is 13.3. The second kappa shape index (κ2) is 19.9. The Kier molecular flexibility index (Phi) is 17.9. The number of carbonyl (C=O) groups is 1. The summed E-state index contributed by atoms with van der Waals surface area (Å²) >= 11 is 0. The molecule has 1 saturated carbocycles. The summed E-state index contributed by atoms with van der Waals surface area (Å²) in [5.74, 6) is 0.216. The number of rotatable bonds is 22. The zero-order valence-electron chi connectivity index (χ0n) is 20.0. The van der Waals surface area contributed by atoms with Crippen molar-refractivity contribution in [1.29, 1.82) is 0 Å². The maximum absolute atomic E-state index is 10.4. The molecule has 1 fully saturated rings. The molecule has 1 aliphatic carbocycles. The van der Waals surface area contributed by atoms with Crippen LogP contribution < -0.4 is 0 Å². The topological polar surface area (TPSA) is 37.3 Å². The lowest BCUT2D eigenvalue weighted by molar-refractivity contribution is -0.137. The molecule has 1 aliphatic rings. The Balaban J connectivity index is 1.78. The van der Waals surface area contributed by atoms with Gasteiger partial charge in [0.15, 0.2) is 0 Å². The molecule has 0 aliphatic heterocycles. The highest BCUT2D eigenvalue weighted by Crippen LogP contribution is 2.42. The molecule has 0 heterocycles. The first-order valence-electron chi connectivity index (χ1n) is 13.3. The van der Waals surface area contributed by atoms with Crippen molar-refractivity contribution in [2.75, 3.05) is 0 Å². The highest BCUT2D eigenvalue weighted by atomic mass is 16.4. The summed E-state index contributed by atoms with van der Waals surface area (Å²) in [6.45, 7) is 2.29. The van der Waals surface area contributed by atoms with Crippen LogP contribution in [0.5, 0.6) is 0 Å². The van der Waals surface area contributed by atoms with Crippen molar-refractivity contribution in [1.82, 2.24) is 0 Å². The molecule has 0 aromatic heterocycles. The van der Waals surface area contributed by atoms with Crippen molar-refractivity contribution in [2.45, 2.75) is 142 Å². The number of aliphatic carboxylic acids is 1. The minimum Gasteiger partial charge on any atom is -0.481 e. The summed E-state index contributed by atoms with van der Waals surface area (Å²) in [5.41, 5.74) is 1.70. The molecule has 30 heavy (non-hydrogen) atoms. The van der Waals surface area contributed by atoms with Crippen LogP contribution in [0.2, 0.25) is 0 Å². The summed E-state index contributed by atoms with van der Waals surface area (Å²) in [5, 5.41) is 8.59. The van der Waals surface area contributed by atoms with Gasteiger partial charge in [-0.1, -0.05) is 121 Å². The SMILES string of the molecule is CCCCCCCCCCCCCCCC[C@H]1C/C1=C\CC/C=C\CCCC(=O)O. The predicted molar refractivity (Wildman–Crippen MR) is 131 cm³/mol. The van der Waals surface area contributed by atoms with Crippen LogP contribution in [0.15, 0.2) is 23.8 Å². The summed E-state index contributed by atoms with van der Waals surface area (Å²) < 4.78 is 0. The van der Waals surface area contributed by atoms with Gasteiger partial charge in [-0.15, -0.1) is 0 Å². The summed E-state index contributed by atoms with van der Waals surface area (Å²) in [6, 6.07) is 0. The van der Waals surface area contributed by atoms with Gasteiger partial charge in [0, 0.05) is 6.42 Å². The van der Waals surface area contributed by atoms with E-state index in [1.807, 2.05) is 0 Å². The zero-order chi connectivity index (χ0) is 21.7. The summed E-state index contributed by atoms with van der Waals surface area (Å²) in [6.07, 6.45) is 33.9. The van der Waals surface area contributed by atoms with Gasteiger partial charge < -0.3 is 5.11 Å². The molecule has 0 radical (unpaired) electrons. The molecule has 0 spiro atoms. The Morgan fingerprint density at radius 3 is 1.87 bits per heavy atom. The molecule has 1 rings (SSSR count). The quantitative estimate of drug-likeness (QED) is 0.140. The van der Waals surface area contributed by atoms with Crippen molar-refractivity contribution >= 4 is 5.97 Å². The molecular weight excluding hydrogens is 368 g/mol. The minimum absolute atomic E-state index is 0.287. The van der Waals surface area contributed by atoms with E-state index in [-0.39, 0.29) is 6.42 Å². The fraction of sp³-hybridized carbons (Fsp3) is 0.821. The van der Waals surface area contributed by atoms with E-state index in [4.69, 9.17) is 5.11 Å². The third kappa shape index (κ3) is 17.8.